The number of imidazole rings is 1. The Kier molecular flexibility index (Phi) is 4.76. The second-order valence-corrected chi connectivity index (χ2v) is 8.11. The minimum Gasteiger partial charge on any atom is -0.354 e. The molecule has 136 valence electrons. The van der Waals surface area contributed by atoms with E-state index in [0.29, 0.717) is 28.4 Å². The van der Waals surface area contributed by atoms with Gasteiger partial charge in [0, 0.05) is 28.7 Å². The lowest BCUT2D eigenvalue weighted by Gasteiger charge is -2.35. The summed E-state index contributed by atoms with van der Waals surface area (Å²) in [7, 11) is 0. The first-order valence-electron chi connectivity index (χ1n) is 8.86. The third-order valence-electron chi connectivity index (χ3n) is 4.94. The molecule has 1 fully saturated rings. The Morgan fingerprint density at radius 2 is 1.73 bits per heavy atom. The van der Waals surface area contributed by atoms with E-state index in [9.17, 15) is 0 Å². The maximum atomic E-state index is 6.32. The zero-order valence-electron chi connectivity index (χ0n) is 14.9. The SMILES string of the molecule is C[C@@H]1C[C@@H](C)CN(c2ncnc3c2ncn3Cc2c(Cl)cccc2Cl)C1. The molecule has 26 heavy (non-hydrogen) atoms. The van der Waals surface area contributed by atoms with Gasteiger partial charge in [-0.1, -0.05) is 43.1 Å². The van der Waals surface area contributed by atoms with Crippen LogP contribution in [0.5, 0.6) is 0 Å². The lowest BCUT2D eigenvalue weighted by atomic mass is 9.92. The van der Waals surface area contributed by atoms with E-state index < -0.39 is 0 Å². The van der Waals surface area contributed by atoms with Gasteiger partial charge in [-0.2, -0.15) is 0 Å². The molecule has 1 saturated heterocycles. The highest BCUT2D eigenvalue weighted by atomic mass is 35.5. The zero-order chi connectivity index (χ0) is 18.3. The van der Waals surface area contributed by atoms with Gasteiger partial charge in [0.2, 0.25) is 0 Å². The van der Waals surface area contributed by atoms with Crippen molar-refractivity contribution in [2.24, 2.45) is 11.8 Å². The van der Waals surface area contributed by atoms with Crippen molar-refractivity contribution >= 4 is 40.2 Å². The van der Waals surface area contributed by atoms with Crippen LogP contribution in [0.1, 0.15) is 25.8 Å². The van der Waals surface area contributed by atoms with Gasteiger partial charge in [0.25, 0.3) is 0 Å². The summed E-state index contributed by atoms with van der Waals surface area (Å²) >= 11 is 12.6. The van der Waals surface area contributed by atoms with Crippen molar-refractivity contribution in [3.63, 3.8) is 0 Å². The van der Waals surface area contributed by atoms with Gasteiger partial charge in [-0.05, 0) is 30.4 Å². The third-order valence-corrected chi connectivity index (χ3v) is 5.65. The van der Waals surface area contributed by atoms with Gasteiger partial charge < -0.3 is 9.47 Å². The molecule has 2 atom stereocenters. The molecule has 7 heteroatoms. The molecule has 2 aromatic heterocycles. The molecule has 1 aliphatic rings. The van der Waals surface area contributed by atoms with Gasteiger partial charge in [0.05, 0.1) is 12.9 Å². The Balaban J connectivity index is 1.71. The second-order valence-electron chi connectivity index (χ2n) is 7.29. The van der Waals surface area contributed by atoms with Crippen LogP contribution in [0.3, 0.4) is 0 Å². The molecule has 0 saturated carbocycles. The molecule has 5 nitrogen and oxygen atoms in total. The van der Waals surface area contributed by atoms with Crippen LogP contribution in [0.4, 0.5) is 5.82 Å². The van der Waals surface area contributed by atoms with E-state index in [1.807, 2.05) is 22.8 Å². The fourth-order valence-electron chi connectivity index (χ4n) is 3.91. The van der Waals surface area contributed by atoms with Crippen LogP contribution >= 0.6 is 23.2 Å². The largest absolute Gasteiger partial charge is 0.354 e. The van der Waals surface area contributed by atoms with Gasteiger partial charge >= 0.3 is 0 Å². The number of hydrogen-bond acceptors (Lipinski definition) is 4. The van der Waals surface area contributed by atoms with Crippen molar-refractivity contribution in [2.45, 2.75) is 26.8 Å². The fraction of sp³-hybridized carbons (Fsp3) is 0.421. The summed E-state index contributed by atoms with van der Waals surface area (Å²) < 4.78 is 1.98. The molecule has 0 radical (unpaired) electrons. The highest BCUT2D eigenvalue weighted by molar-refractivity contribution is 6.36. The van der Waals surface area contributed by atoms with Gasteiger partial charge in [-0.15, -0.1) is 0 Å². The first-order chi connectivity index (χ1) is 12.5. The number of fused-ring (bicyclic) bond motifs is 1. The molecule has 0 unspecified atom stereocenters. The van der Waals surface area contributed by atoms with Crippen molar-refractivity contribution in [3.8, 4) is 0 Å². The van der Waals surface area contributed by atoms with Crippen molar-refractivity contribution in [2.75, 3.05) is 18.0 Å². The maximum Gasteiger partial charge on any atom is 0.165 e. The fourth-order valence-corrected chi connectivity index (χ4v) is 4.42. The van der Waals surface area contributed by atoms with Crippen LogP contribution in [0.2, 0.25) is 10.0 Å². The molecular weight excluding hydrogens is 369 g/mol. The Bertz CT molecular complexity index is 909. The predicted octanol–water partition coefficient (Wildman–Crippen LogP) is 4.66. The number of piperidine rings is 1. The molecule has 4 rings (SSSR count). The number of aromatic nitrogens is 4. The van der Waals surface area contributed by atoms with Gasteiger partial charge in [0.1, 0.15) is 6.33 Å². The van der Waals surface area contributed by atoms with Gasteiger partial charge in [-0.25, -0.2) is 15.0 Å². The zero-order valence-corrected chi connectivity index (χ0v) is 16.4. The minimum absolute atomic E-state index is 0.526. The van der Waals surface area contributed by atoms with Gasteiger partial charge in [0.15, 0.2) is 17.0 Å². The minimum atomic E-state index is 0.526. The second kappa shape index (κ2) is 7.05. The Labute approximate surface area is 163 Å². The Morgan fingerprint density at radius 1 is 1.04 bits per heavy atom. The van der Waals surface area contributed by atoms with Crippen molar-refractivity contribution in [1.29, 1.82) is 0 Å². The average molecular weight is 390 g/mol. The number of benzene rings is 1. The smallest absolute Gasteiger partial charge is 0.165 e. The van der Waals surface area contributed by atoms with Crippen molar-refractivity contribution < 1.29 is 0 Å². The molecule has 0 bridgehead atoms. The van der Waals surface area contributed by atoms with Crippen LogP contribution in [0.25, 0.3) is 11.2 Å². The normalized spacial score (nSPS) is 20.7. The van der Waals surface area contributed by atoms with E-state index >= 15 is 0 Å². The maximum absolute atomic E-state index is 6.32. The van der Waals surface area contributed by atoms with E-state index in [4.69, 9.17) is 23.2 Å². The summed E-state index contributed by atoms with van der Waals surface area (Å²) in [5, 5.41) is 1.29. The van der Waals surface area contributed by atoms with E-state index in [2.05, 4.69) is 33.7 Å². The first kappa shape index (κ1) is 17.6. The first-order valence-corrected chi connectivity index (χ1v) is 9.62. The number of halogens is 2. The van der Waals surface area contributed by atoms with E-state index in [1.54, 1.807) is 12.7 Å². The topological polar surface area (TPSA) is 46.8 Å². The molecule has 0 N–H and O–H groups in total. The van der Waals surface area contributed by atoms with Crippen LogP contribution in [-0.4, -0.2) is 32.6 Å². The molecule has 3 heterocycles. The molecule has 3 aromatic rings. The van der Waals surface area contributed by atoms with E-state index in [1.165, 1.54) is 6.42 Å². The summed E-state index contributed by atoms with van der Waals surface area (Å²) in [6.07, 6.45) is 4.66. The lowest BCUT2D eigenvalue weighted by Crippen LogP contribution is -2.39. The number of nitrogens with zero attached hydrogens (tertiary/aromatic N) is 5. The Morgan fingerprint density at radius 3 is 2.42 bits per heavy atom. The number of rotatable bonds is 3. The summed E-state index contributed by atoms with van der Waals surface area (Å²) in [5.41, 5.74) is 2.50. The molecule has 1 aliphatic heterocycles. The average Bonchev–Trinajstić information content (AvgIpc) is 3.00. The lowest BCUT2D eigenvalue weighted by molar-refractivity contribution is 0.355. The summed E-state index contributed by atoms with van der Waals surface area (Å²) in [6, 6.07) is 5.54. The third kappa shape index (κ3) is 3.26. The number of anilines is 1. The molecular formula is C19H21Cl2N5. The predicted molar refractivity (Wildman–Crippen MR) is 106 cm³/mol. The molecule has 0 amide bonds. The van der Waals surface area contributed by atoms with E-state index in [0.717, 1.165) is 35.6 Å². The highest BCUT2D eigenvalue weighted by Gasteiger charge is 2.25. The summed E-state index contributed by atoms with van der Waals surface area (Å²) in [5.74, 6) is 2.21. The monoisotopic (exact) mass is 389 g/mol. The quantitative estimate of drug-likeness (QED) is 0.653. The Hall–Kier alpha value is -1.85. The van der Waals surface area contributed by atoms with Crippen LogP contribution in [-0.2, 0) is 6.54 Å². The molecule has 0 spiro atoms. The van der Waals surface area contributed by atoms with Crippen LogP contribution in [0, 0.1) is 11.8 Å². The summed E-state index contributed by atoms with van der Waals surface area (Å²) in [6.45, 7) is 7.11. The van der Waals surface area contributed by atoms with Crippen molar-refractivity contribution in [1.82, 2.24) is 19.5 Å². The summed E-state index contributed by atoms with van der Waals surface area (Å²) in [4.78, 5) is 16.0. The molecule has 1 aromatic carbocycles. The standard InChI is InChI=1S/C19H21Cl2N5/c1-12-6-13(2)8-25(7-12)18-17-19(23-10-22-18)26(11-24-17)9-14-15(20)4-3-5-16(14)21/h3-5,10-13H,6-9H2,1-2H3/t12-,13-/m1/s1. The van der Waals surface area contributed by atoms with Crippen LogP contribution < -0.4 is 4.90 Å². The highest BCUT2D eigenvalue weighted by Crippen LogP contribution is 2.30. The van der Waals surface area contributed by atoms with Crippen LogP contribution in [0.15, 0.2) is 30.9 Å². The van der Waals surface area contributed by atoms with E-state index in [-0.39, 0.29) is 0 Å². The van der Waals surface area contributed by atoms with Crippen molar-refractivity contribution in [3.05, 3.63) is 46.5 Å². The number of hydrogen-bond donors (Lipinski definition) is 0. The molecule has 0 aliphatic carbocycles. The van der Waals surface area contributed by atoms with Gasteiger partial charge in [-0.3, -0.25) is 0 Å².